The minimum Gasteiger partial charge on any atom is -0.477 e. The zero-order valence-corrected chi connectivity index (χ0v) is 9.24. The Labute approximate surface area is 84.5 Å². The molecule has 0 saturated carbocycles. The van der Waals surface area contributed by atoms with Crippen LogP contribution in [0.2, 0.25) is 0 Å². The lowest BCUT2D eigenvalue weighted by molar-refractivity contribution is 0.166. The van der Waals surface area contributed by atoms with Gasteiger partial charge in [0.25, 0.3) is 0 Å². The summed E-state index contributed by atoms with van der Waals surface area (Å²) < 4.78 is 7.15. The van der Waals surface area contributed by atoms with Gasteiger partial charge in [-0.05, 0) is 27.7 Å². The van der Waals surface area contributed by atoms with Crippen molar-refractivity contribution in [2.24, 2.45) is 0 Å². The highest BCUT2D eigenvalue weighted by Gasteiger charge is 2.12. The smallest absolute Gasteiger partial charge is 0.235 e. The summed E-state index contributed by atoms with van der Waals surface area (Å²) >= 11 is 0. The Hall–Kier alpha value is -1.03. The Balaban J connectivity index is 2.90. The van der Waals surface area contributed by atoms with Crippen molar-refractivity contribution in [2.75, 3.05) is 6.61 Å². The second kappa shape index (κ2) is 4.46. The molecule has 4 nitrogen and oxygen atoms in total. The van der Waals surface area contributed by atoms with E-state index in [9.17, 15) is 5.11 Å². The van der Waals surface area contributed by atoms with Crippen LogP contribution in [0.3, 0.4) is 0 Å². The van der Waals surface area contributed by atoms with Crippen molar-refractivity contribution in [3.8, 4) is 5.88 Å². The van der Waals surface area contributed by atoms with Crippen molar-refractivity contribution in [2.45, 2.75) is 40.3 Å². The molecule has 80 valence electrons. The van der Waals surface area contributed by atoms with Gasteiger partial charge in [0, 0.05) is 11.3 Å². The van der Waals surface area contributed by atoms with Crippen LogP contribution in [0.25, 0.3) is 0 Å². The molecule has 0 unspecified atom stereocenters. The normalized spacial score (nSPS) is 12.9. The molecule has 0 aliphatic heterocycles. The van der Waals surface area contributed by atoms with Gasteiger partial charge in [-0.3, -0.25) is 4.68 Å². The lowest BCUT2D eigenvalue weighted by Crippen LogP contribution is -2.14. The number of nitrogens with zero attached hydrogens (tertiary/aromatic N) is 2. The van der Waals surface area contributed by atoms with Gasteiger partial charge in [-0.1, -0.05) is 0 Å². The first-order chi connectivity index (χ1) is 6.56. The maximum absolute atomic E-state index is 9.26. The molecule has 1 rings (SSSR count). The van der Waals surface area contributed by atoms with E-state index >= 15 is 0 Å². The van der Waals surface area contributed by atoms with Gasteiger partial charge in [0.15, 0.2) is 0 Å². The molecule has 1 atom stereocenters. The van der Waals surface area contributed by atoms with Crippen LogP contribution in [0.1, 0.15) is 25.1 Å². The number of hydrogen-bond acceptors (Lipinski definition) is 3. The van der Waals surface area contributed by atoms with Gasteiger partial charge in [0.2, 0.25) is 5.88 Å². The third kappa shape index (κ3) is 2.26. The minimum absolute atomic E-state index is 0.387. The molecule has 1 aromatic heterocycles. The highest BCUT2D eigenvalue weighted by molar-refractivity contribution is 5.28. The van der Waals surface area contributed by atoms with Gasteiger partial charge < -0.3 is 9.84 Å². The highest BCUT2D eigenvalue weighted by atomic mass is 16.5. The Morgan fingerprint density at radius 3 is 2.64 bits per heavy atom. The molecule has 14 heavy (non-hydrogen) atoms. The molecule has 1 aromatic rings. The molecule has 1 N–H and O–H groups in total. The van der Waals surface area contributed by atoms with Gasteiger partial charge in [0.05, 0.1) is 19.3 Å². The molecule has 1 heterocycles. The molecule has 0 aliphatic carbocycles. The van der Waals surface area contributed by atoms with Gasteiger partial charge >= 0.3 is 0 Å². The van der Waals surface area contributed by atoms with E-state index in [0.717, 1.165) is 11.3 Å². The van der Waals surface area contributed by atoms with Crippen LogP contribution in [0.5, 0.6) is 5.88 Å². The summed E-state index contributed by atoms with van der Waals surface area (Å²) in [6.07, 6.45) is -0.387. The topological polar surface area (TPSA) is 47.3 Å². The molecule has 0 fully saturated rings. The molecule has 0 saturated heterocycles. The summed E-state index contributed by atoms with van der Waals surface area (Å²) in [6, 6.07) is 0. The molecular formula is C10H18N2O2. The molecule has 0 spiro atoms. The van der Waals surface area contributed by atoms with E-state index in [-0.39, 0.29) is 6.10 Å². The molecule has 0 radical (unpaired) electrons. The van der Waals surface area contributed by atoms with Crippen molar-refractivity contribution >= 4 is 0 Å². The number of ether oxygens (including phenoxy) is 1. The standard InChI is InChI=1S/C10H18N2O2/c1-5-14-10-8(3)9(4)12(11-10)6-7(2)13/h7,13H,5-6H2,1-4H3/t7-/m1/s1. The fourth-order valence-corrected chi connectivity index (χ4v) is 1.31. The van der Waals surface area contributed by atoms with Crippen molar-refractivity contribution in [1.29, 1.82) is 0 Å². The molecule has 0 amide bonds. The van der Waals surface area contributed by atoms with E-state index < -0.39 is 0 Å². The first kappa shape index (κ1) is 11.0. The average molecular weight is 198 g/mol. The quantitative estimate of drug-likeness (QED) is 0.792. The second-order valence-corrected chi connectivity index (χ2v) is 3.48. The van der Waals surface area contributed by atoms with E-state index in [0.29, 0.717) is 19.0 Å². The number of aliphatic hydroxyl groups is 1. The van der Waals surface area contributed by atoms with E-state index in [1.807, 2.05) is 20.8 Å². The molecule has 0 bridgehead atoms. The van der Waals surface area contributed by atoms with Crippen LogP contribution in [0, 0.1) is 13.8 Å². The maximum atomic E-state index is 9.26. The number of hydrogen-bond donors (Lipinski definition) is 1. The lowest BCUT2D eigenvalue weighted by atomic mass is 10.3. The van der Waals surface area contributed by atoms with Crippen molar-refractivity contribution < 1.29 is 9.84 Å². The zero-order valence-electron chi connectivity index (χ0n) is 9.24. The Morgan fingerprint density at radius 2 is 2.14 bits per heavy atom. The first-order valence-electron chi connectivity index (χ1n) is 4.91. The summed E-state index contributed by atoms with van der Waals surface area (Å²) in [5, 5.41) is 13.5. The first-order valence-corrected chi connectivity index (χ1v) is 4.91. The van der Waals surface area contributed by atoms with Gasteiger partial charge in [-0.25, -0.2) is 0 Å². The molecule has 4 heteroatoms. The average Bonchev–Trinajstić information content (AvgIpc) is 2.34. The van der Waals surface area contributed by atoms with Gasteiger partial charge in [0.1, 0.15) is 0 Å². The fraction of sp³-hybridized carbons (Fsp3) is 0.700. The Morgan fingerprint density at radius 1 is 1.50 bits per heavy atom. The summed E-state index contributed by atoms with van der Waals surface area (Å²) in [7, 11) is 0. The van der Waals surface area contributed by atoms with Crippen LogP contribution in [0.15, 0.2) is 0 Å². The van der Waals surface area contributed by atoms with E-state index in [2.05, 4.69) is 5.10 Å². The fourth-order valence-electron chi connectivity index (χ4n) is 1.31. The third-order valence-electron chi connectivity index (χ3n) is 2.18. The predicted molar refractivity (Wildman–Crippen MR) is 54.6 cm³/mol. The van der Waals surface area contributed by atoms with E-state index in [1.165, 1.54) is 0 Å². The van der Waals surface area contributed by atoms with E-state index in [1.54, 1.807) is 11.6 Å². The minimum atomic E-state index is -0.387. The summed E-state index contributed by atoms with van der Waals surface area (Å²) in [5.41, 5.74) is 2.10. The van der Waals surface area contributed by atoms with Gasteiger partial charge in [-0.2, -0.15) is 0 Å². The molecule has 0 aromatic carbocycles. The Bertz CT molecular complexity index is 305. The zero-order chi connectivity index (χ0) is 10.7. The van der Waals surface area contributed by atoms with Crippen LogP contribution in [-0.2, 0) is 6.54 Å². The largest absolute Gasteiger partial charge is 0.477 e. The van der Waals surface area contributed by atoms with Crippen LogP contribution >= 0.6 is 0 Å². The van der Waals surface area contributed by atoms with Crippen LogP contribution < -0.4 is 4.74 Å². The van der Waals surface area contributed by atoms with Crippen molar-refractivity contribution in [3.63, 3.8) is 0 Å². The molecular weight excluding hydrogens is 180 g/mol. The van der Waals surface area contributed by atoms with Crippen LogP contribution in [-0.4, -0.2) is 27.6 Å². The van der Waals surface area contributed by atoms with Crippen molar-refractivity contribution in [1.82, 2.24) is 9.78 Å². The predicted octanol–water partition coefficient (Wildman–Crippen LogP) is 1.28. The Kier molecular flexibility index (Phi) is 3.52. The van der Waals surface area contributed by atoms with Crippen LogP contribution in [0.4, 0.5) is 0 Å². The molecule has 0 aliphatic rings. The monoisotopic (exact) mass is 198 g/mol. The second-order valence-electron chi connectivity index (χ2n) is 3.48. The number of aromatic nitrogens is 2. The number of aliphatic hydroxyl groups excluding tert-OH is 1. The summed E-state index contributed by atoms with van der Waals surface area (Å²) in [6.45, 7) is 8.77. The summed E-state index contributed by atoms with van der Waals surface area (Å²) in [4.78, 5) is 0. The third-order valence-corrected chi connectivity index (χ3v) is 2.18. The lowest BCUT2D eigenvalue weighted by Gasteiger charge is -2.05. The van der Waals surface area contributed by atoms with E-state index in [4.69, 9.17) is 4.74 Å². The highest BCUT2D eigenvalue weighted by Crippen LogP contribution is 2.19. The van der Waals surface area contributed by atoms with Gasteiger partial charge in [-0.15, -0.1) is 5.10 Å². The maximum Gasteiger partial charge on any atom is 0.235 e. The summed E-state index contributed by atoms with van der Waals surface area (Å²) in [5.74, 6) is 0.672. The number of rotatable bonds is 4. The van der Waals surface area contributed by atoms with Crippen molar-refractivity contribution in [3.05, 3.63) is 11.3 Å². The SMILES string of the molecule is CCOc1nn(C[C@@H](C)O)c(C)c1C.